The maximum atomic E-state index is 13.4. The van der Waals surface area contributed by atoms with Crippen molar-refractivity contribution >= 4 is 29.7 Å². The van der Waals surface area contributed by atoms with E-state index in [4.69, 9.17) is 15.6 Å². The Bertz CT molecular complexity index is 1080. The van der Waals surface area contributed by atoms with Crippen molar-refractivity contribution in [3.63, 3.8) is 0 Å². The smallest absolute Gasteiger partial charge is 0.327 e. The molecule has 1 aliphatic heterocycles. The molecule has 0 unspecified atom stereocenters. The van der Waals surface area contributed by atoms with Crippen LogP contribution < -0.4 is 9.64 Å². The third kappa shape index (κ3) is 6.84. The summed E-state index contributed by atoms with van der Waals surface area (Å²) in [5.74, 6) is -1.11. The fourth-order valence-electron chi connectivity index (χ4n) is 3.66. The molecule has 1 fully saturated rings. The van der Waals surface area contributed by atoms with Gasteiger partial charge in [-0.3, -0.25) is 24.2 Å². The highest BCUT2D eigenvalue weighted by Crippen LogP contribution is 2.24. The van der Waals surface area contributed by atoms with E-state index in [2.05, 4.69) is 0 Å². The summed E-state index contributed by atoms with van der Waals surface area (Å²) in [6.07, 6.45) is 3.45. The number of carbonyl (C=O) groups excluding carboxylic acids is 3. The van der Waals surface area contributed by atoms with Crippen LogP contribution in [-0.2, 0) is 20.9 Å². The average Bonchev–Trinajstić information content (AvgIpc) is 3.35. The largest absolute Gasteiger partial charge is 0.493 e. The summed E-state index contributed by atoms with van der Waals surface area (Å²) in [6.45, 7) is 2.62. The van der Waals surface area contributed by atoms with Gasteiger partial charge in [0.1, 0.15) is 18.8 Å². The van der Waals surface area contributed by atoms with E-state index in [1.54, 1.807) is 36.4 Å². The maximum Gasteiger partial charge on any atom is 0.327 e. The van der Waals surface area contributed by atoms with Crippen LogP contribution in [0.1, 0.15) is 46.5 Å². The Kier molecular flexibility index (Phi) is 8.37. The molecular weight excluding hydrogens is 454 g/mol. The summed E-state index contributed by atoms with van der Waals surface area (Å²) in [5.41, 5.74) is 0.643. The predicted molar refractivity (Wildman–Crippen MR) is 127 cm³/mol. The predicted octanol–water partition coefficient (Wildman–Crippen LogP) is 3.51. The number of amides is 4. The Balaban J connectivity index is 1.69. The van der Waals surface area contributed by atoms with Gasteiger partial charge in [0.05, 0.1) is 20.8 Å². The SMILES string of the molecule is [2H]C(C)(C)N(Cc1ccccc1OCCCCCC(=O)O)C(=O)N1CC(=O)N(c2ccco2)CC1=O. The summed E-state index contributed by atoms with van der Waals surface area (Å²) in [4.78, 5) is 52.8. The lowest BCUT2D eigenvalue weighted by Crippen LogP contribution is -2.59. The minimum absolute atomic E-state index is 0.00953. The van der Waals surface area contributed by atoms with Gasteiger partial charge in [-0.05, 0) is 45.2 Å². The first-order valence-electron chi connectivity index (χ1n) is 12.0. The van der Waals surface area contributed by atoms with E-state index < -0.39 is 36.4 Å². The standard InChI is InChI=1S/C25H31N3O7/c1-18(2)26(15-19-9-5-6-10-20(19)34-13-7-3-4-12-24(31)32)25(33)28-17-21(29)27(16-22(28)30)23-11-8-14-35-23/h5-6,8-11,14,18H,3-4,7,12-13,15-17H2,1-2H3,(H,31,32)/i18D. The van der Waals surface area contributed by atoms with Gasteiger partial charge in [0.15, 0.2) is 0 Å². The molecule has 1 aromatic carbocycles. The topological polar surface area (TPSA) is 121 Å². The number of urea groups is 1. The minimum atomic E-state index is -1.40. The second-order valence-electron chi connectivity index (χ2n) is 8.39. The third-order valence-corrected chi connectivity index (χ3v) is 5.56. The molecule has 10 heteroatoms. The lowest BCUT2D eigenvalue weighted by Gasteiger charge is -2.36. The number of carboxylic acids is 1. The molecule has 2 heterocycles. The highest BCUT2D eigenvalue weighted by atomic mass is 16.5. The molecule has 1 saturated heterocycles. The summed E-state index contributed by atoms with van der Waals surface area (Å²) in [7, 11) is 0. The molecule has 0 spiro atoms. The molecule has 10 nitrogen and oxygen atoms in total. The van der Waals surface area contributed by atoms with Crippen molar-refractivity contribution in [2.45, 2.75) is 52.1 Å². The number of unbranched alkanes of at least 4 members (excludes halogenated alkanes) is 2. The van der Waals surface area contributed by atoms with E-state index in [-0.39, 0.29) is 25.4 Å². The lowest BCUT2D eigenvalue weighted by atomic mass is 10.1. The van der Waals surface area contributed by atoms with Crippen LogP contribution in [0.15, 0.2) is 47.1 Å². The fraction of sp³-hybridized carbons (Fsp3) is 0.440. The van der Waals surface area contributed by atoms with Gasteiger partial charge in [-0.15, -0.1) is 0 Å². The molecular formula is C25H31N3O7. The number of hydrogen-bond donors (Lipinski definition) is 1. The molecule has 0 atom stereocenters. The maximum absolute atomic E-state index is 13.4. The first-order chi connectivity index (χ1) is 17.1. The normalized spacial score (nSPS) is 14.6. The first-order valence-corrected chi connectivity index (χ1v) is 11.5. The third-order valence-electron chi connectivity index (χ3n) is 5.56. The monoisotopic (exact) mass is 486 g/mol. The number of anilines is 1. The Morgan fingerprint density at radius 2 is 1.89 bits per heavy atom. The number of piperazine rings is 1. The van der Waals surface area contributed by atoms with Crippen molar-refractivity contribution in [2.75, 3.05) is 24.6 Å². The second-order valence-corrected chi connectivity index (χ2v) is 8.39. The van der Waals surface area contributed by atoms with Gasteiger partial charge in [0.2, 0.25) is 11.8 Å². The number of imide groups is 1. The Morgan fingerprint density at radius 3 is 2.57 bits per heavy atom. The van der Waals surface area contributed by atoms with E-state index in [1.807, 2.05) is 0 Å². The number of ether oxygens (including phenoxy) is 1. The summed E-state index contributed by atoms with van der Waals surface area (Å²) in [6, 6.07) is 8.12. The van der Waals surface area contributed by atoms with Crippen LogP contribution >= 0.6 is 0 Å². The molecule has 4 amide bonds. The fourth-order valence-corrected chi connectivity index (χ4v) is 3.66. The second kappa shape index (κ2) is 12.0. The molecule has 188 valence electrons. The van der Waals surface area contributed by atoms with Gasteiger partial charge < -0.3 is 19.2 Å². The van der Waals surface area contributed by atoms with Gasteiger partial charge in [-0.2, -0.15) is 0 Å². The zero-order valence-electron chi connectivity index (χ0n) is 20.9. The van der Waals surface area contributed by atoms with Gasteiger partial charge in [-0.25, -0.2) is 4.79 Å². The van der Waals surface area contributed by atoms with E-state index in [0.717, 1.165) is 4.90 Å². The zero-order valence-corrected chi connectivity index (χ0v) is 19.9. The van der Waals surface area contributed by atoms with E-state index in [9.17, 15) is 19.2 Å². The van der Waals surface area contributed by atoms with Crippen molar-refractivity contribution in [3.8, 4) is 5.75 Å². The van der Waals surface area contributed by atoms with E-state index >= 15 is 0 Å². The Morgan fingerprint density at radius 1 is 1.11 bits per heavy atom. The van der Waals surface area contributed by atoms with Crippen LogP contribution in [0.25, 0.3) is 0 Å². The molecule has 0 saturated carbocycles. The molecule has 1 aliphatic rings. The Hall–Kier alpha value is -3.82. The van der Waals surface area contributed by atoms with Crippen molar-refractivity contribution in [3.05, 3.63) is 48.2 Å². The molecule has 0 radical (unpaired) electrons. The number of rotatable bonds is 11. The van der Waals surface area contributed by atoms with Gasteiger partial charge >= 0.3 is 12.0 Å². The summed E-state index contributed by atoms with van der Waals surface area (Å²) < 4.78 is 19.6. The number of carbonyl (C=O) groups is 4. The molecule has 2 aromatic rings. The zero-order chi connectivity index (χ0) is 26.3. The van der Waals surface area contributed by atoms with Crippen LogP contribution in [0, 0.1) is 0 Å². The van der Waals surface area contributed by atoms with Crippen molar-refractivity contribution in [1.29, 1.82) is 0 Å². The summed E-state index contributed by atoms with van der Waals surface area (Å²) in [5, 5.41) is 8.73. The first kappa shape index (κ1) is 24.3. The van der Waals surface area contributed by atoms with Crippen molar-refractivity contribution in [1.82, 2.24) is 9.80 Å². The molecule has 1 aromatic heterocycles. The Labute approximate surface area is 205 Å². The van der Waals surface area contributed by atoms with Crippen molar-refractivity contribution in [2.24, 2.45) is 0 Å². The van der Waals surface area contributed by atoms with E-state index in [0.29, 0.717) is 37.2 Å². The number of furan rings is 1. The number of benzene rings is 1. The number of nitrogens with zero attached hydrogens (tertiary/aromatic N) is 3. The van der Waals surface area contributed by atoms with Crippen LogP contribution in [0.2, 0.25) is 0 Å². The number of para-hydroxylation sites is 1. The van der Waals surface area contributed by atoms with Crippen LogP contribution in [0.5, 0.6) is 5.75 Å². The molecule has 35 heavy (non-hydrogen) atoms. The van der Waals surface area contributed by atoms with Crippen LogP contribution in [-0.4, -0.2) is 64.4 Å². The minimum Gasteiger partial charge on any atom is -0.493 e. The molecule has 0 bridgehead atoms. The van der Waals surface area contributed by atoms with E-state index in [1.165, 1.54) is 29.9 Å². The highest BCUT2D eigenvalue weighted by Gasteiger charge is 2.38. The molecule has 1 N–H and O–H groups in total. The van der Waals surface area contributed by atoms with Crippen molar-refractivity contribution < 1.29 is 34.8 Å². The number of carboxylic acid groups (broad SMARTS) is 1. The molecule has 0 aliphatic carbocycles. The number of aliphatic carboxylic acids is 1. The summed E-state index contributed by atoms with van der Waals surface area (Å²) >= 11 is 0. The average molecular weight is 487 g/mol. The lowest BCUT2D eigenvalue weighted by molar-refractivity contribution is -0.137. The number of hydrogen-bond acceptors (Lipinski definition) is 6. The van der Waals surface area contributed by atoms with Crippen LogP contribution in [0.3, 0.4) is 0 Å². The van der Waals surface area contributed by atoms with Gasteiger partial charge in [-0.1, -0.05) is 18.2 Å². The molecule has 3 rings (SSSR count). The highest BCUT2D eigenvalue weighted by molar-refractivity contribution is 6.09. The van der Waals surface area contributed by atoms with Crippen LogP contribution in [0.4, 0.5) is 10.7 Å². The quantitative estimate of drug-likeness (QED) is 0.483. The van der Waals surface area contributed by atoms with Gasteiger partial charge in [0, 0.05) is 24.1 Å². The van der Waals surface area contributed by atoms with Gasteiger partial charge in [0.25, 0.3) is 5.91 Å².